The molecule has 5 heteroatoms. The topological polar surface area (TPSA) is 30.2 Å². The first kappa shape index (κ1) is 8.01. The molecule has 0 atom stereocenters. The van der Waals surface area contributed by atoms with Gasteiger partial charge in [0.15, 0.2) is 5.65 Å². The van der Waals surface area contributed by atoms with Crippen LogP contribution in [0.1, 0.15) is 5.69 Å². The Morgan fingerprint density at radius 2 is 2.33 bits per heavy atom. The average Bonchev–Trinajstić information content (AvgIpc) is 2.46. The smallest absolute Gasteiger partial charge is 0.153 e. The van der Waals surface area contributed by atoms with Gasteiger partial charge in [0, 0.05) is 5.33 Å². The van der Waals surface area contributed by atoms with E-state index >= 15 is 0 Å². The second kappa shape index (κ2) is 3.03. The molecule has 0 aliphatic rings. The van der Waals surface area contributed by atoms with Crippen LogP contribution in [0.2, 0.25) is 5.15 Å². The Kier molecular flexibility index (Phi) is 2.02. The van der Waals surface area contributed by atoms with Crippen LogP contribution in [0.4, 0.5) is 0 Å². The maximum absolute atomic E-state index is 5.70. The molecular formula is C7H5BrClN3. The molecule has 12 heavy (non-hydrogen) atoms. The molecule has 0 amide bonds. The molecule has 3 nitrogen and oxygen atoms in total. The molecule has 0 unspecified atom stereocenters. The summed E-state index contributed by atoms with van der Waals surface area (Å²) in [5.74, 6) is 0. The Balaban J connectivity index is 2.67. The van der Waals surface area contributed by atoms with Crippen LogP contribution < -0.4 is 0 Å². The van der Waals surface area contributed by atoms with E-state index in [0.717, 1.165) is 16.7 Å². The minimum Gasteiger partial charge on any atom is -0.231 e. The normalized spacial score (nSPS) is 10.8. The predicted octanol–water partition coefficient (Wildman–Crippen LogP) is 2.28. The fourth-order valence-electron chi connectivity index (χ4n) is 0.972. The first-order valence-electron chi connectivity index (χ1n) is 3.36. The molecule has 2 rings (SSSR count). The Labute approximate surface area is 82.5 Å². The number of halogens is 2. The van der Waals surface area contributed by atoms with Gasteiger partial charge in [-0.3, -0.25) is 0 Å². The lowest BCUT2D eigenvalue weighted by Crippen LogP contribution is -1.88. The molecule has 2 heterocycles. The predicted molar refractivity (Wildman–Crippen MR) is 50.6 cm³/mol. The monoisotopic (exact) mass is 245 g/mol. The van der Waals surface area contributed by atoms with Crippen molar-refractivity contribution in [2.75, 3.05) is 0 Å². The summed E-state index contributed by atoms with van der Waals surface area (Å²) < 4.78 is 1.67. The highest BCUT2D eigenvalue weighted by molar-refractivity contribution is 9.08. The molecule has 0 radical (unpaired) electrons. The van der Waals surface area contributed by atoms with Gasteiger partial charge in [0.25, 0.3) is 0 Å². The number of fused-ring (bicyclic) bond motifs is 1. The standard InChI is InChI=1S/C7H5BrClN3/c8-3-5-4-12-7(10-5)2-1-6(9)11-12/h1-2,4H,3H2. The maximum atomic E-state index is 5.70. The molecule has 0 N–H and O–H groups in total. The Hall–Kier alpha value is -0.610. The first-order chi connectivity index (χ1) is 5.79. The van der Waals surface area contributed by atoms with Crippen molar-refractivity contribution in [3.8, 4) is 0 Å². The summed E-state index contributed by atoms with van der Waals surface area (Å²) in [7, 11) is 0. The van der Waals surface area contributed by atoms with Crippen LogP contribution >= 0.6 is 27.5 Å². The zero-order valence-electron chi connectivity index (χ0n) is 6.04. The maximum Gasteiger partial charge on any atom is 0.153 e. The lowest BCUT2D eigenvalue weighted by Gasteiger charge is -1.89. The summed E-state index contributed by atoms with van der Waals surface area (Å²) in [4.78, 5) is 4.27. The van der Waals surface area contributed by atoms with Gasteiger partial charge in [-0.05, 0) is 12.1 Å². The second-order valence-electron chi connectivity index (χ2n) is 2.32. The zero-order valence-corrected chi connectivity index (χ0v) is 8.38. The number of hydrogen-bond donors (Lipinski definition) is 0. The zero-order chi connectivity index (χ0) is 8.55. The van der Waals surface area contributed by atoms with E-state index in [4.69, 9.17) is 11.6 Å². The summed E-state index contributed by atoms with van der Waals surface area (Å²) in [5, 5.41) is 5.25. The molecule has 0 fully saturated rings. The fourth-order valence-corrected chi connectivity index (χ4v) is 1.39. The van der Waals surface area contributed by atoms with Crippen LogP contribution in [0.25, 0.3) is 5.65 Å². The van der Waals surface area contributed by atoms with E-state index in [1.165, 1.54) is 0 Å². The lowest BCUT2D eigenvalue weighted by molar-refractivity contribution is 0.935. The summed E-state index contributed by atoms with van der Waals surface area (Å²) in [5.41, 5.74) is 1.76. The highest BCUT2D eigenvalue weighted by atomic mass is 79.9. The Bertz CT molecular complexity index is 412. The molecule has 0 aliphatic heterocycles. The Morgan fingerprint density at radius 1 is 1.50 bits per heavy atom. The number of hydrogen-bond acceptors (Lipinski definition) is 2. The molecule has 2 aromatic rings. The largest absolute Gasteiger partial charge is 0.231 e. The van der Waals surface area contributed by atoms with Crippen LogP contribution in [0, 0.1) is 0 Å². The molecule has 0 saturated carbocycles. The molecule has 0 saturated heterocycles. The van der Waals surface area contributed by atoms with Crippen molar-refractivity contribution < 1.29 is 0 Å². The van der Waals surface area contributed by atoms with Crippen molar-refractivity contribution in [3.05, 3.63) is 29.2 Å². The molecule has 62 valence electrons. The molecule has 2 aromatic heterocycles. The summed E-state index contributed by atoms with van der Waals surface area (Å²) in [6, 6.07) is 3.56. The summed E-state index contributed by atoms with van der Waals surface area (Å²) >= 11 is 9.02. The van der Waals surface area contributed by atoms with Gasteiger partial charge < -0.3 is 0 Å². The molecular weight excluding hydrogens is 241 g/mol. The van der Waals surface area contributed by atoms with Crippen molar-refractivity contribution in [1.82, 2.24) is 14.6 Å². The number of aromatic nitrogens is 3. The second-order valence-corrected chi connectivity index (χ2v) is 3.27. The lowest BCUT2D eigenvalue weighted by atomic mass is 10.6. The van der Waals surface area contributed by atoms with Crippen molar-refractivity contribution in [2.24, 2.45) is 0 Å². The van der Waals surface area contributed by atoms with Gasteiger partial charge in [0.05, 0.1) is 11.9 Å². The van der Waals surface area contributed by atoms with Crippen LogP contribution in [0.3, 0.4) is 0 Å². The third-order valence-corrected chi connectivity index (χ3v) is 2.25. The molecule has 0 bridgehead atoms. The fraction of sp³-hybridized carbons (Fsp3) is 0.143. The van der Waals surface area contributed by atoms with E-state index < -0.39 is 0 Å². The third-order valence-electron chi connectivity index (χ3n) is 1.47. The van der Waals surface area contributed by atoms with Crippen molar-refractivity contribution in [3.63, 3.8) is 0 Å². The summed E-state index contributed by atoms with van der Waals surface area (Å²) in [6.45, 7) is 0. The number of alkyl halides is 1. The third kappa shape index (κ3) is 1.32. The number of rotatable bonds is 1. The van der Waals surface area contributed by atoms with E-state index in [1.807, 2.05) is 12.3 Å². The van der Waals surface area contributed by atoms with E-state index in [0.29, 0.717) is 5.15 Å². The first-order valence-corrected chi connectivity index (χ1v) is 4.86. The van der Waals surface area contributed by atoms with Crippen molar-refractivity contribution in [2.45, 2.75) is 5.33 Å². The Morgan fingerprint density at radius 3 is 3.08 bits per heavy atom. The van der Waals surface area contributed by atoms with Gasteiger partial charge in [-0.1, -0.05) is 27.5 Å². The molecule has 0 spiro atoms. The van der Waals surface area contributed by atoms with Crippen molar-refractivity contribution in [1.29, 1.82) is 0 Å². The van der Waals surface area contributed by atoms with Crippen LogP contribution in [0.5, 0.6) is 0 Å². The van der Waals surface area contributed by atoms with Gasteiger partial charge in [-0.25, -0.2) is 9.50 Å². The van der Waals surface area contributed by atoms with E-state index in [-0.39, 0.29) is 0 Å². The van der Waals surface area contributed by atoms with Gasteiger partial charge in [-0.2, -0.15) is 5.10 Å². The van der Waals surface area contributed by atoms with Gasteiger partial charge in [0.1, 0.15) is 5.15 Å². The van der Waals surface area contributed by atoms with Crippen LogP contribution in [-0.2, 0) is 5.33 Å². The average molecular weight is 246 g/mol. The van der Waals surface area contributed by atoms with Gasteiger partial charge >= 0.3 is 0 Å². The van der Waals surface area contributed by atoms with Gasteiger partial charge in [0.2, 0.25) is 0 Å². The molecule has 0 aliphatic carbocycles. The van der Waals surface area contributed by atoms with E-state index in [9.17, 15) is 0 Å². The SMILES string of the molecule is Clc1ccc2nc(CBr)cn2n1. The van der Waals surface area contributed by atoms with Crippen molar-refractivity contribution >= 4 is 33.2 Å². The van der Waals surface area contributed by atoms with Gasteiger partial charge in [-0.15, -0.1) is 0 Å². The highest BCUT2D eigenvalue weighted by Gasteiger charge is 2.00. The summed E-state index contributed by atoms with van der Waals surface area (Å²) in [6.07, 6.45) is 1.84. The van der Waals surface area contributed by atoms with E-state index in [1.54, 1.807) is 10.6 Å². The molecule has 0 aromatic carbocycles. The number of imidazole rings is 1. The minimum absolute atomic E-state index is 0.473. The van der Waals surface area contributed by atoms with Crippen LogP contribution in [0.15, 0.2) is 18.3 Å². The van der Waals surface area contributed by atoms with Crippen LogP contribution in [-0.4, -0.2) is 14.6 Å². The quantitative estimate of drug-likeness (QED) is 0.723. The van der Waals surface area contributed by atoms with E-state index in [2.05, 4.69) is 26.0 Å². The minimum atomic E-state index is 0.473. The number of nitrogens with zero attached hydrogens (tertiary/aromatic N) is 3. The highest BCUT2D eigenvalue weighted by Crippen LogP contribution is 2.09.